The molecular formula is C21H25ClN6O2. The standard InChI is InChI=1S/C21H25ClN6O2/c1-21(2)8-18-15(9-24-28(18)17-7-5-4-6-16(17)22)10-27(13-21)20(29)12-30-11-19-25-23-14-26(19)3/h4-7,9,14H,8,10-13H2,1-3H3. The number of fused-ring (bicyclic) bond motifs is 1. The van der Waals surface area contributed by atoms with E-state index in [0.29, 0.717) is 23.9 Å². The van der Waals surface area contributed by atoms with E-state index < -0.39 is 0 Å². The molecule has 0 saturated heterocycles. The second kappa shape index (κ2) is 8.20. The van der Waals surface area contributed by atoms with Gasteiger partial charge in [0, 0.05) is 31.4 Å². The van der Waals surface area contributed by atoms with E-state index in [1.807, 2.05) is 47.1 Å². The van der Waals surface area contributed by atoms with Gasteiger partial charge in [-0.1, -0.05) is 37.6 Å². The van der Waals surface area contributed by atoms with Crippen LogP contribution < -0.4 is 0 Å². The molecule has 3 aromatic rings. The van der Waals surface area contributed by atoms with Gasteiger partial charge in [-0.05, 0) is 24.0 Å². The Hall–Kier alpha value is -2.71. The topological polar surface area (TPSA) is 78.1 Å². The van der Waals surface area contributed by atoms with E-state index in [1.165, 1.54) is 0 Å². The zero-order chi connectivity index (χ0) is 21.3. The predicted octanol–water partition coefficient (Wildman–Crippen LogP) is 2.78. The van der Waals surface area contributed by atoms with Gasteiger partial charge in [0.1, 0.15) is 19.5 Å². The molecule has 0 fully saturated rings. The average molecular weight is 429 g/mol. The molecular weight excluding hydrogens is 404 g/mol. The van der Waals surface area contributed by atoms with Crippen LogP contribution in [0.5, 0.6) is 0 Å². The third kappa shape index (κ3) is 4.24. The molecule has 3 heterocycles. The van der Waals surface area contributed by atoms with Crippen molar-refractivity contribution < 1.29 is 9.53 Å². The first-order chi connectivity index (χ1) is 14.3. The molecule has 0 radical (unpaired) electrons. The first-order valence-corrected chi connectivity index (χ1v) is 10.2. The molecule has 1 aliphatic heterocycles. The number of rotatable bonds is 5. The Bertz CT molecular complexity index is 1060. The van der Waals surface area contributed by atoms with Gasteiger partial charge in [0.2, 0.25) is 5.91 Å². The number of amides is 1. The summed E-state index contributed by atoms with van der Waals surface area (Å²) >= 11 is 6.41. The van der Waals surface area contributed by atoms with Crippen LogP contribution in [-0.2, 0) is 36.2 Å². The van der Waals surface area contributed by atoms with Gasteiger partial charge >= 0.3 is 0 Å². The first-order valence-electron chi connectivity index (χ1n) is 9.83. The van der Waals surface area contributed by atoms with E-state index in [0.717, 1.165) is 23.4 Å². The van der Waals surface area contributed by atoms with Crippen LogP contribution >= 0.6 is 11.6 Å². The molecule has 0 saturated carbocycles. The lowest BCUT2D eigenvalue weighted by Crippen LogP contribution is -2.39. The summed E-state index contributed by atoms with van der Waals surface area (Å²) in [7, 11) is 1.84. The van der Waals surface area contributed by atoms with Crippen molar-refractivity contribution in [1.29, 1.82) is 0 Å². The smallest absolute Gasteiger partial charge is 0.248 e. The van der Waals surface area contributed by atoms with E-state index in [2.05, 4.69) is 29.1 Å². The molecule has 30 heavy (non-hydrogen) atoms. The molecule has 0 spiro atoms. The number of benzene rings is 1. The monoisotopic (exact) mass is 428 g/mol. The quantitative estimate of drug-likeness (QED) is 0.624. The van der Waals surface area contributed by atoms with Crippen molar-refractivity contribution in [2.75, 3.05) is 13.2 Å². The second-order valence-corrected chi connectivity index (χ2v) is 8.83. The van der Waals surface area contributed by atoms with Gasteiger partial charge in [-0.25, -0.2) is 4.68 Å². The van der Waals surface area contributed by atoms with Crippen LogP contribution in [0.3, 0.4) is 0 Å². The molecule has 0 unspecified atom stereocenters. The molecule has 0 aliphatic carbocycles. The summed E-state index contributed by atoms with van der Waals surface area (Å²) in [5, 5.41) is 13.0. The maximum Gasteiger partial charge on any atom is 0.248 e. The first kappa shape index (κ1) is 20.6. The highest BCUT2D eigenvalue weighted by Crippen LogP contribution is 2.32. The molecule has 1 aliphatic rings. The van der Waals surface area contributed by atoms with Gasteiger partial charge in [-0.15, -0.1) is 10.2 Å². The van der Waals surface area contributed by atoms with Crippen molar-refractivity contribution in [1.82, 2.24) is 29.4 Å². The van der Waals surface area contributed by atoms with E-state index in [1.54, 1.807) is 10.9 Å². The van der Waals surface area contributed by atoms with Gasteiger partial charge < -0.3 is 14.2 Å². The molecule has 2 aromatic heterocycles. The van der Waals surface area contributed by atoms with Crippen LogP contribution in [0.15, 0.2) is 36.8 Å². The number of hydrogen-bond donors (Lipinski definition) is 0. The Labute approximate surface area is 180 Å². The third-order valence-electron chi connectivity index (χ3n) is 5.28. The highest BCUT2D eigenvalue weighted by molar-refractivity contribution is 6.32. The van der Waals surface area contributed by atoms with Crippen molar-refractivity contribution in [2.24, 2.45) is 12.5 Å². The normalized spacial score (nSPS) is 15.7. The summed E-state index contributed by atoms with van der Waals surface area (Å²) in [6, 6.07) is 7.66. The molecule has 1 amide bonds. The van der Waals surface area contributed by atoms with Gasteiger partial charge in [-0.3, -0.25) is 4.79 Å². The van der Waals surface area contributed by atoms with Gasteiger partial charge in [-0.2, -0.15) is 5.10 Å². The SMILES string of the molecule is Cn1cnnc1COCC(=O)N1Cc2cnn(-c3ccccc3Cl)c2CC(C)(C)C1. The number of aryl methyl sites for hydroxylation is 1. The maximum absolute atomic E-state index is 12.9. The van der Waals surface area contributed by atoms with Crippen LogP contribution in [0.25, 0.3) is 5.69 Å². The molecule has 158 valence electrons. The zero-order valence-corrected chi connectivity index (χ0v) is 18.1. The summed E-state index contributed by atoms with van der Waals surface area (Å²) in [6.07, 6.45) is 4.23. The summed E-state index contributed by atoms with van der Waals surface area (Å²) in [5.74, 6) is 0.630. The molecule has 0 N–H and O–H groups in total. The number of hydrogen-bond acceptors (Lipinski definition) is 5. The Balaban J connectivity index is 1.52. The van der Waals surface area contributed by atoms with Crippen LogP contribution in [0.2, 0.25) is 5.02 Å². The van der Waals surface area contributed by atoms with Crippen molar-refractivity contribution in [2.45, 2.75) is 33.4 Å². The Morgan fingerprint density at radius 2 is 2.10 bits per heavy atom. The van der Waals surface area contributed by atoms with Crippen molar-refractivity contribution in [3.8, 4) is 5.69 Å². The number of nitrogens with zero attached hydrogens (tertiary/aromatic N) is 6. The fourth-order valence-electron chi connectivity index (χ4n) is 3.78. The van der Waals surface area contributed by atoms with Crippen molar-refractivity contribution >= 4 is 17.5 Å². The molecule has 0 atom stereocenters. The minimum absolute atomic E-state index is 0.00305. The minimum atomic E-state index is -0.121. The summed E-state index contributed by atoms with van der Waals surface area (Å²) < 4.78 is 9.28. The number of carbonyl (C=O) groups excluding carboxylic acids is 1. The number of halogens is 1. The maximum atomic E-state index is 12.9. The molecule has 8 nitrogen and oxygen atoms in total. The van der Waals surface area contributed by atoms with E-state index >= 15 is 0 Å². The Morgan fingerprint density at radius 1 is 1.30 bits per heavy atom. The largest absolute Gasteiger partial charge is 0.364 e. The highest BCUT2D eigenvalue weighted by Gasteiger charge is 2.33. The fraction of sp³-hybridized carbons (Fsp3) is 0.429. The van der Waals surface area contributed by atoms with Gasteiger partial charge in [0.15, 0.2) is 5.82 Å². The third-order valence-corrected chi connectivity index (χ3v) is 5.60. The number of carbonyl (C=O) groups is 1. The lowest BCUT2D eigenvalue weighted by atomic mass is 9.87. The number of aromatic nitrogens is 5. The molecule has 4 rings (SSSR count). The zero-order valence-electron chi connectivity index (χ0n) is 17.4. The van der Waals surface area contributed by atoms with E-state index in [-0.39, 0.29) is 24.5 Å². The van der Waals surface area contributed by atoms with Gasteiger partial charge in [0.05, 0.1) is 16.9 Å². The predicted molar refractivity (Wildman–Crippen MR) is 112 cm³/mol. The Kier molecular flexibility index (Phi) is 5.62. The van der Waals surface area contributed by atoms with E-state index in [4.69, 9.17) is 16.3 Å². The Morgan fingerprint density at radius 3 is 2.83 bits per heavy atom. The summed E-state index contributed by atoms with van der Waals surface area (Å²) in [4.78, 5) is 14.8. The fourth-order valence-corrected chi connectivity index (χ4v) is 4.00. The van der Waals surface area contributed by atoms with Crippen LogP contribution in [0.4, 0.5) is 0 Å². The second-order valence-electron chi connectivity index (χ2n) is 8.42. The molecule has 1 aromatic carbocycles. The lowest BCUT2D eigenvalue weighted by molar-refractivity contribution is -0.138. The minimum Gasteiger partial charge on any atom is -0.364 e. The number of para-hydroxylation sites is 1. The molecule has 9 heteroatoms. The highest BCUT2D eigenvalue weighted by atomic mass is 35.5. The number of ether oxygens (including phenoxy) is 1. The van der Waals surface area contributed by atoms with E-state index in [9.17, 15) is 4.79 Å². The summed E-state index contributed by atoms with van der Waals surface area (Å²) in [6.45, 7) is 5.69. The van der Waals surface area contributed by atoms with Crippen LogP contribution in [0, 0.1) is 5.41 Å². The van der Waals surface area contributed by atoms with Crippen molar-refractivity contribution in [3.63, 3.8) is 0 Å². The average Bonchev–Trinajstić information content (AvgIpc) is 3.24. The molecule has 0 bridgehead atoms. The van der Waals surface area contributed by atoms with Crippen molar-refractivity contribution in [3.05, 3.63) is 58.9 Å². The van der Waals surface area contributed by atoms with Gasteiger partial charge in [0.25, 0.3) is 0 Å². The van der Waals surface area contributed by atoms with Crippen LogP contribution in [0.1, 0.15) is 30.9 Å². The van der Waals surface area contributed by atoms with Crippen LogP contribution in [-0.4, -0.2) is 48.5 Å². The lowest BCUT2D eigenvalue weighted by Gasteiger charge is -2.29. The summed E-state index contributed by atoms with van der Waals surface area (Å²) in [5.41, 5.74) is 2.84.